The summed E-state index contributed by atoms with van der Waals surface area (Å²) in [5.41, 5.74) is -5.35. The molecule has 0 saturated carbocycles. The first-order valence-corrected chi connectivity index (χ1v) is 12.7. The van der Waals surface area contributed by atoms with Crippen molar-refractivity contribution in [2.24, 2.45) is 11.3 Å². The fraction of sp³-hybridized carbons (Fsp3) is 0.480. The lowest BCUT2D eigenvalue weighted by atomic mass is 9.67. The normalized spacial score (nSPS) is 23.4. The monoisotopic (exact) mass is 513 g/mol. The summed E-state index contributed by atoms with van der Waals surface area (Å²) in [6.07, 6.45) is 1.00. The summed E-state index contributed by atoms with van der Waals surface area (Å²) in [5.74, 6) is -1.25. The summed E-state index contributed by atoms with van der Waals surface area (Å²) < 4.78 is 65.3. The largest absolute Gasteiger partial charge is 0.534 e. The van der Waals surface area contributed by atoms with Crippen LogP contribution in [0.5, 0.6) is 5.75 Å². The molecular weight excluding hydrogens is 483 g/mol. The maximum atomic E-state index is 12.7. The number of aliphatic carboxylic acids is 1. The summed E-state index contributed by atoms with van der Waals surface area (Å²) in [6, 6.07) is 15.2. The van der Waals surface area contributed by atoms with Crippen molar-refractivity contribution in [3.63, 3.8) is 0 Å². The Bertz CT molecular complexity index is 1160. The van der Waals surface area contributed by atoms with E-state index in [0.717, 1.165) is 5.56 Å². The minimum Gasteiger partial charge on any atom is -0.481 e. The number of hydrogen-bond acceptors (Lipinski definition) is 5. The van der Waals surface area contributed by atoms with E-state index in [1.54, 1.807) is 13.0 Å². The van der Waals surface area contributed by atoms with Crippen LogP contribution in [0, 0.1) is 11.3 Å². The number of hydrogen-bond donors (Lipinski definition) is 1. The van der Waals surface area contributed by atoms with Crippen molar-refractivity contribution < 1.29 is 35.7 Å². The zero-order valence-electron chi connectivity index (χ0n) is 19.9. The smallest absolute Gasteiger partial charge is 0.481 e. The molecule has 3 atom stereocenters. The first-order valence-electron chi connectivity index (χ1n) is 11.3. The minimum atomic E-state index is -5.76. The number of likely N-dealkylation sites (tertiary alicyclic amines) is 1. The third-order valence-electron chi connectivity index (χ3n) is 7.08. The predicted octanol–water partition coefficient (Wildman–Crippen LogP) is 4.85. The molecule has 1 N–H and O–H groups in total. The number of carboxylic acids is 1. The lowest BCUT2D eigenvalue weighted by molar-refractivity contribution is -0.149. The number of carbonyl (C=O) groups is 1. The van der Waals surface area contributed by atoms with Crippen LogP contribution >= 0.6 is 0 Å². The van der Waals surface area contributed by atoms with E-state index in [4.69, 9.17) is 0 Å². The zero-order valence-corrected chi connectivity index (χ0v) is 20.7. The van der Waals surface area contributed by atoms with Gasteiger partial charge in [-0.15, -0.1) is 0 Å². The van der Waals surface area contributed by atoms with Crippen LogP contribution in [0.15, 0.2) is 54.6 Å². The van der Waals surface area contributed by atoms with Gasteiger partial charge in [-0.05, 0) is 60.9 Å². The standard InChI is InChI=1S/C25H30F3NO5S/c1-18-16-29(17-23(2,22(30)31)15-19-8-5-4-6-9-19)13-12-24(18,3)20-10-7-11-21(14-20)34-35(32,33)25(26,27)28/h4-11,14,18H,12-13,15-17H2,1-3H3,(H,30,31)/t18-,23-,24+/m0/s1. The average Bonchev–Trinajstić information content (AvgIpc) is 2.76. The first-order chi connectivity index (χ1) is 16.2. The molecule has 0 aromatic heterocycles. The van der Waals surface area contributed by atoms with Crippen molar-refractivity contribution in [3.05, 3.63) is 65.7 Å². The molecule has 0 bridgehead atoms. The fourth-order valence-corrected chi connectivity index (χ4v) is 5.16. The molecule has 0 spiro atoms. The molecule has 0 radical (unpaired) electrons. The lowest BCUT2D eigenvalue weighted by Gasteiger charge is -2.46. The van der Waals surface area contributed by atoms with E-state index in [1.807, 2.05) is 44.2 Å². The summed E-state index contributed by atoms with van der Waals surface area (Å²) >= 11 is 0. The molecule has 1 aliphatic heterocycles. The molecule has 10 heteroatoms. The third kappa shape index (κ3) is 5.98. The second-order valence-corrected chi connectivity index (χ2v) is 11.4. The molecule has 0 aliphatic carbocycles. The Morgan fingerprint density at radius 2 is 1.83 bits per heavy atom. The summed E-state index contributed by atoms with van der Waals surface area (Å²) in [5, 5.41) is 9.98. The van der Waals surface area contributed by atoms with Crippen molar-refractivity contribution in [2.75, 3.05) is 19.6 Å². The Kier molecular flexibility index (Phi) is 7.57. The fourth-order valence-electron chi connectivity index (χ4n) is 4.71. The molecule has 3 rings (SSSR count). The number of rotatable bonds is 8. The Morgan fingerprint density at radius 3 is 2.40 bits per heavy atom. The van der Waals surface area contributed by atoms with Crippen LogP contribution in [-0.2, 0) is 26.7 Å². The van der Waals surface area contributed by atoms with Gasteiger partial charge in [0.15, 0.2) is 0 Å². The number of alkyl halides is 3. The van der Waals surface area contributed by atoms with Gasteiger partial charge >= 0.3 is 21.6 Å². The van der Waals surface area contributed by atoms with E-state index in [9.17, 15) is 31.5 Å². The minimum absolute atomic E-state index is 0.0143. The van der Waals surface area contributed by atoms with Gasteiger partial charge in [0.2, 0.25) is 0 Å². The summed E-state index contributed by atoms with van der Waals surface area (Å²) in [4.78, 5) is 14.3. The van der Waals surface area contributed by atoms with E-state index in [2.05, 4.69) is 9.08 Å². The van der Waals surface area contributed by atoms with E-state index in [1.165, 1.54) is 18.2 Å². The Morgan fingerprint density at radius 1 is 1.17 bits per heavy atom. The Labute approximate surface area is 203 Å². The second-order valence-electron chi connectivity index (χ2n) is 9.84. The van der Waals surface area contributed by atoms with Crippen molar-refractivity contribution >= 4 is 16.1 Å². The maximum Gasteiger partial charge on any atom is 0.534 e. The molecule has 1 heterocycles. The van der Waals surface area contributed by atoms with Gasteiger partial charge < -0.3 is 14.2 Å². The summed E-state index contributed by atoms with van der Waals surface area (Å²) in [7, 11) is -5.76. The number of nitrogens with zero attached hydrogens (tertiary/aromatic N) is 1. The van der Waals surface area contributed by atoms with Crippen LogP contribution in [0.3, 0.4) is 0 Å². The van der Waals surface area contributed by atoms with Crippen molar-refractivity contribution in [1.82, 2.24) is 4.90 Å². The molecule has 35 heavy (non-hydrogen) atoms. The quantitative estimate of drug-likeness (QED) is 0.402. The van der Waals surface area contributed by atoms with Gasteiger partial charge in [-0.1, -0.05) is 56.3 Å². The predicted molar refractivity (Wildman–Crippen MR) is 126 cm³/mol. The third-order valence-corrected chi connectivity index (χ3v) is 8.05. The number of halogens is 3. The van der Waals surface area contributed by atoms with Gasteiger partial charge in [0.1, 0.15) is 5.75 Å². The van der Waals surface area contributed by atoms with Crippen LogP contribution in [-0.4, -0.2) is 49.5 Å². The summed E-state index contributed by atoms with van der Waals surface area (Å²) in [6.45, 7) is 7.24. The topological polar surface area (TPSA) is 83.9 Å². The van der Waals surface area contributed by atoms with Gasteiger partial charge in [-0.2, -0.15) is 21.6 Å². The van der Waals surface area contributed by atoms with E-state index in [0.29, 0.717) is 38.0 Å². The second kappa shape index (κ2) is 9.81. The highest BCUT2D eigenvalue weighted by molar-refractivity contribution is 7.88. The number of carboxylic acid groups (broad SMARTS) is 1. The van der Waals surface area contributed by atoms with Gasteiger partial charge in [-0.3, -0.25) is 4.79 Å². The van der Waals surface area contributed by atoms with Gasteiger partial charge in [0.05, 0.1) is 5.41 Å². The van der Waals surface area contributed by atoms with Crippen LogP contribution < -0.4 is 4.18 Å². The van der Waals surface area contributed by atoms with Crippen LogP contribution in [0.4, 0.5) is 13.2 Å². The SMILES string of the molecule is C[C@H]1CN(C[C@](C)(Cc2ccccc2)C(=O)O)CC[C@@]1(C)c1cccc(OS(=O)(=O)C(F)(F)F)c1. The van der Waals surface area contributed by atoms with E-state index < -0.39 is 38.2 Å². The average molecular weight is 514 g/mol. The molecule has 0 amide bonds. The van der Waals surface area contributed by atoms with Crippen molar-refractivity contribution in [3.8, 4) is 5.75 Å². The van der Waals surface area contributed by atoms with Crippen molar-refractivity contribution in [2.45, 2.75) is 44.5 Å². The Hall–Kier alpha value is -2.59. The van der Waals surface area contributed by atoms with Gasteiger partial charge in [-0.25, -0.2) is 0 Å². The molecule has 2 aromatic carbocycles. The molecule has 2 aromatic rings. The Balaban J connectivity index is 1.75. The number of piperidine rings is 1. The van der Waals surface area contributed by atoms with Crippen LogP contribution in [0.2, 0.25) is 0 Å². The van der Waals surface area contributed by atoms with Gasteiger partial charge in [0.25, 0.3) is 0 Å². The number of benzene rings is 2. The van der Waals surface area contributed by atoms with Crippen molar-refractivity contribution in [1.29, 1.82) is 0 Å². The molecule has 1 aliphatic rings. The zero-order chi connectivity index (χ0) is 26.1. The van der Waals surface area contributed by atoms with Crippen LogP contribution in [0.25, 0.3) is 0 Å². The highest BCUT2D eigenvalue weighted by Gasteiger charge is 2.49. The molecular formula is C25H30F3NO5S. The van der Waals surface area contributed by atoms with Gasteiger partial charge in [0, 0.05) is 13.1 Å². The molecule has 192 valence electrons. The molecule has 1 saturated heterocycles. The highest BCUT2D eigenvalue weighted by Crippen LogP contribution is 2.41. The van der Waals surface area contributed by atoms with E-state index in [-0.39, 0.29) is 5.92 Å². The van der Waals surface area contributed by atoms with Crippen LogP contribution in [0.1, 0.15) is 38.3 Å². The maximum absolute atomic E-state index is 12.7. The molecule has 0 unspecified atom stereocenters. The lowest BCUT2D eigenvalue weighted by Crippen LogP contribution is -2.51. The highest BCUT2D eigenvalue weighted by atomic mass is 32.2. The molecule has 6 nitrogen and oxygen atoms in total. The molecule has 1 fully saturated rings. The first kappa shape index (κ1) is 27.0. The van der Waals surface area contributed by atoms with E-state index >= 15 is 0 Å².